The van der Waals surface area contributed by atoms with Crippen LogP contribution >= 0.6 is 0 Å². The van der Waals surface area contributed by atoms with Crippen LogP contribution in [0.1, 0.15) is 33.1 Å². The summed E-state index contributed by atoms with van der Waals surface area (Å²) in [6.07, 6.45) is 9.45. The summed E-state index contributed by atoms with van der Waals surface area (Å²) in [5.74, 6) is 0.0547. The van der Waals surface area contributed by atoms with Gasteiger partial charge < -0.3 is 5.32 Å². The molecule has 0 aromatic carbocycles. The van der Waals surface area contributed by atoms with Crippen LogP contribution in [-0.4, -0.2) is 11.9 Å². The van der Waals surface area contributed by atoms with Crippen LogP contribution in [0.15, 0.2) is 23.8 Å². The van der Waals surface area contributed by atoms with Gasteiger partial charge in [-0.1, -0.05) is 18.2 Å². The van der Waals surface area contributed by atoms with Crippen LogP contribution in [0.2, 0.25) is 0 Å². The molecule has 0 aliphatic heterocycles. The molecule has 13 heavy (non-hydrogen) atoms. The quantitative estimate of drug-likeness (QED) is 0.511. The number of carbonyl (C=O) groups excluding carboxylic acids is 1. The molecule has 0 saturated carbocycles. The number of allylic oxidation sites excluding steroid dienone is 2. The van der Waals surface area contributed by atoms with Gasteiger partial charge in [0.15, 0.2) is 0 Å². The van der Waals surface area contributed by atoms with Gasteiger partial charge in [-0.25, -0.2) is 0 Å². The maximum absolute atomic E-state index is 11.4. The molecular formula is C11H17NO. The Bertz CT molecular complexity index is 240. The van der Waals surface area contributed by atoms with Gasteiger partial charge in [0.1, 0.15) is 0 Å². The van der Waals surface area contributed by atoms with Gasteiger partial charge in [-0.05, 0) is 33.1 Å². The summed E-state index contributed by atoms with van der Waals surface area (Å²) in [6, 6.07) is 0.246. The Hall–Kier alpha value is -1.05. The second kappa shape index (κ2) is 4.85. The van der Waals surface area contributed by atoms with E-state index in [0.29, 0.717) is 0 Å². The van der Waals surface area contributed by atoms with E-state index in [4.69, 9.17) is 0 Å². The highest BCUT2D eigenvalue weighted by Crippen LogP contribution is 2.10. The lowest BCUT2D eigenvalue weighted by Crippen LogP contribution is -2.34. The molecule has 1 amide bonds. The van der Waals surface area contributed by atoms with E-state index < -0.39 is 0 Å². The van der Waals surface area contributed by atoms with Gasteiger partial charge in [0, 0.05) is 11.6 Å². The highest BCUT2D eigenvalue weighted by molar-refractivity contribution is 5.92. The summed E-state index contributed by atoms with van der Waals surface area (Å²) in [6.45, 7) is 3.72. The van der Waals surface area contributed by atoms with E-state index >= 15 is 0 Å². The van der Waals surface area contributed by atoms with E-state index in [-0.39, 0.29) is 11.9 Å². The Labute approximate surface area is 79.7 Å². The van der Waals surface area contributed by atoms with Crippen molar-refractivity contribution in [2.75, 3.05) is 0 Å². The van der Waals surface area contributed by atoms with Crippen molar-refractivity contribution in [2.24, 2.45) is 0 Å². The van der Waals surface area contributed by atoms with Crippen molar-refractivity contribution in [3.63, 3.8) is 0 Å². The fourth-order valence-corrected chi connectivity index (χ4v) is 1.35. The number of carbonyl (C=O) groups is 1. The molecule has 0 saturated heterocycles. The maximum atomic E-state index is 11.4. The highest BCUT2D eigenvalue weighted by atomic mass is 16.1. The lowest BCUT2D eigenvalue weighted by Gasteiger charge is -2.17. The summed E-state index contributed by atoms with van der Waals surface area (Å²) in [5.41, 5.74) is 0.791. The van der Waals surface area contributed by atoms with Crippen LogP contribution in [0.25, 0.3) is 0 Å². The smallest absolute Gasteiger partial charge is 0.247 e. The first-order valence-corrected chi connectivity index (χ1v) is 4.84. The van der Waals surface area contributed by atoms with E-state index in [2.05, 4.69) is 17.5 Å². The molecule has 1 unspecified atom stereocenters. The first kappa shape index (κ1) is 10.0. The molecule has 2 nitrogen and oxygen atoms in total. The van der Waals surface area contributed by atoms with Crippen LogP contribution in [-0.2, 0) is 4.79 Å². The molecule has 72 valence electrons. The van der Waals surface area contributed by atoms with Gasteiger partial charge in [0.25, 0.3) is 0 Å². The van der Waals surface area contributed by atoms with Gasteiger partial charge in [0.05, 0.1) is 0 Å². The Morgan fingerprint density at radius 2 is 2.38 bits per heavy atom. The molecule has 1 atom stereocenters. The van der Waals surface area contributed by atoms with Crippen molar-refractivity contribution in [3.05, 3.63) is 23.8 Å². The summed E-state index contributed by atoms with van der Waals surface area (Å²) in [7, 11) is 0. The Kier molecular flexibility index (Phi) is 3.74. The Balaban J connectivity index is 2.44. The van der Waals surface area contributed by atoms with Crippen LogP contribution in [0.3, 0.4) is 0 Å². The van der Waals surface area contributed by atoms with E-state index in [1.54, 1.807) is 0 Å². The number of hydrogen-bond donors (Lipinski definition) is 1. The zero-order valence-corrected chi connectivity index (χ0v) is 8.34. The Morgan fingerprint density at radius 3 is 2.92 bits per heavy atom. The maximum Gasteiger partial charge on any atom is 0.247 e. The van der Waals surface area contributed by atoms with Gasteiger partial charge in [-0.15, -0.1) is 0 Å². The molecule has 0 bridgehead atoms. The lowest BCUT2D eigenvalue weighted by atomic mass is 10.0. The van der Waals surface area contributed by atoms with E-state index in [9.17, 15) is 4.79 Å². The van der Waals surface area contributed by atoms with Gasteiger partial charge in [-0.2, -0.15) is 0 Å². The van der Waals surface area contributed by atoms with Crippen molar-refractivity contribution in [3.8, 4) is 0 Å². The summed E-state index contributed by atoms with van der Waals surface area (Å²) in [4.78, 5) is 11.4. The number of hydrogen-bond acceptors (Lipinski definition) is 1. The standard InChI is InChI=1S/C11H17NO/c1-3-9(2)11(13)12-10-7-5-4-6-8-10/h3,5,7,10H,4,6,8H2,1-2H3,(H,12,13)/b9-3-. The monoisotopic (exact) mass is 179 g/mol. The van der Waals surface area contributed by atoms with Crippen molar-refractivity contribution in [1.29, 1.82) is 0 Å². The minimum atomic E-state index is 0.0547. The third kappa shape index (κ3) is 3.05. The van der Waals surface area contributed by atoms with Gasteiger partial charge in [-0.3, -0.25) is 4.79 Å². The predicted octanol–water partition coefficient (Wildman–Crippen LogP) is 2.18. The van der Waals surface area contributed by atoms with Crippen molar-refractivity contribution < 1.29 is 4.79 Å². The average Bonchev–Trinajstić information content (AvgIpc) is 2.18. The predicted molar refractivity (Wildman–Crippen MR) is 54.4 cm³/mol. The normalized spacial score (nSPS) is 22.9. The molecule has 2 heteroatoms. The van der Waals surface area contributed by atoms with Crippen molar-refractivity contribution >= 4 is 5.91 Å². The van der Waals surface area contributed by atoms with Crippen molar-refractivity contribution in [1.82, 2.24) is 5.32 Å². The molecule has 0 heterocycles. The van der Waals surface area contributed by atoms with Crippen LogP contribution in [0.4, 0.5) is 0 Å². The van der Waals surface area contributed by atoms with Gasteiger partial charge in [0.2, 0.25) is 5.91 Å². The average molecular weight is 179 g/mol. The lowest BCUT2D eigenvalue weighted by molar-refractivity contribution is -0.117. The second-order valence-electron chi connectivity index (χ2n) is 3.41. The molecule has 0 aromatic heterocycles. The van der Waals surface area contributed by atoms with Crippen LogP contribution in [0, 0.1) is 0 Å². The highest BCUT2D eigenvalue weighted by Gasteiger charge is 2.11. The topological polar surface area (TPSA) is 29.1 Å². The first-order valence-electron chi connectivity index (χ1n) is 4.84. The molecule has 1 rings (SSSR count). The molecule has 1 aliphatic carbocycles. The summed E-state index contributed by atoms with van der Waals surface area (Å²) in [5, 5.41) is 2.98. The van der Waals surface area contributed by atoms with Crippen LogP contribution < -0.4 is 5.32 Å². The largest absolute Gasteiger partial charge is 0.346 e. The van der Waals surface area contributed by atoms with E-state index in [1.165, 1.54) is 6.42 Å². The number of rotatable bonds is 2. The van der Waals surface area contributed by atoms with Crippen molar-refractivity contribution in [2.45, 2.75) is 39.2 Å². The molecule has 0 fully saturated rings. The van der Waals surface area contributed by atoms with Gasteiger partial charge >= 0.3 is 0 Å². The molecule has 0 radical (unpaired) electrons. The zero-order chi connectivity index (χ0) is 9.68. The number of nitrogens with one attached hydrogen (secondary N) is 1. The summed E-state index contributed by atoms with van der Waals surface area (Å²) < 4.78 is 0. The van der Waals surface area contributed by atoms with E-state index in [0.717, 1.165) is 18.4 Å². The fourth-order valence-electron chi connectivity index (χ4n) is 1.35. The third-order valence-electron chi connectivity index (χ3n) is 2.36. The molecule has 0 spiro atoms. The first-order chi connectivity index (χ1) is 6.24. The summed E-state index contributed by atoms with van der Waals surface area (Å²) >= 11 is 0. The van der Waals surface area contributed by atoms with E-state index in [1.807, 2.05) is 19.9 Å². The number of amides is 1. The molecule has 1 aliphatic rings. The minimum Gasteiger partial charge on any atom is -0.346 e. The molecular weight excluding hydrogens is 162 g/mol. The second-order valence-corrected chi connectivity index (χ2v) is 3.41. The third-order valence-corrected chi connectivity index (χ3v) is 2.36. The van der Waals surface area contributed by atoms with Crippen LogP contribution in [0.5, 0.6) is 0 Å². The molecule has 1 N–H and O–H groups in total. The Morgan fingerprint density at radius 1 is 1.62 bits per heavy atom. The SMILES string of the molecule is C/C=C(/C)C(=O)NC1C=CCCC1. The molecule has 0 aromatic rings. The fraction of sp³-hybridized carbons (Fsp3) is 0.545. The zero-order valence-electron chi connectivity index (χ0n) is 8.34. The minimum absolute atomic E-state index is 0.0547.